The highest BCUT2D eigenvalue weighted by molar-refractivity contribution is 6.05. The molecule has 0 aliphatic rings. The molecule has 0 radical (unpaired) electrons. The van der Waals surface area contributed by atoms with Crippen LogP contribution in [0.25, 0.3) is 0 Å². The van der Waals surface area contributed by atoms with Crippen LogP contribution in [0, 0.1) is 13.8 Å². The Kier molecular flexibility index (Phi) is 9.87. The van der Waals surface area contributed by atoms with E-state index in [2.05, 4.69) is 9.72 Å². The minimum atomic E-state index is -0.0221. The van der Waals surface area contributed by atoms with Crippen LogP contribution in [-0.4, -0.2) is 38.9 Å². The summed E-state index contributed by atoms with van der Waals surface area (Å²) in [5.41, 5.74) is 3.81. The van der Waals surface area contributed by atoms with Crippen molar-refractivity contribution in [3.8, 4) is 0 Å². The number of amides is 1. The lowest BCUT2D eigenvalue weighted by atomic mass is 10.1. The highest BCUT2D eigenvalue weighted by Gasteiger charge is 2.13. The number of nitrogens with zero attached hydrogens (tertiary/aromatic N) is 2. The van der Waals surface area contributed by atoms with Gasteiger partial charge in [-0.05, 0) is 49.2 Å². The van der Waals surface area contributed by atoms with Crippen LogP contribution >= 0.6 is 0 Å². The molecule has 1 aromatic carbocycles. The van der Waals surface area contributed by atoms with Gasteiger partial charge in [-0.3, -0.25) is 9.78 Å². The predicted octanol–water partition coefficient (Wildman–Crippen LogP) is 3.05. The number of hydrogen-bond donors (Lipinski definition) is 0. The number of ether oxygens (including phenoxy) is 1. The number of methoxy groups -OCH3 is 1. The van der Waals surface area contributed by atoms with Crippen molar-refractivity contribution >= 4 is 18.4 Å². The third-order valence-corrected chi connectivity index (χ3v) is 3.09. The van der Waals surface area contributed by atoms with Gasteiger partial charge in [0.25, 0.3) is 5.91 Å². The van der Waals surface area contributed by atoms with E-state index in [4.69, 9.17) is 4.79 Å². The molecule has 23 heavy (non-hydrogen) atoms. The highest BCUT2D eigenvalue weighted by atomic mass is 16.4. The standard InChI is InChI=1S/C15H16N2O.C2H6O.CH2O/c1-11-6-7-13(9-12(11)2)15(18)17(3)14-5-4-8-16-10-14;1-3-2;1-2/h4-10H,1-3H3;1-2H3;1H2. The van der Waals surface area contributed by atoms with Crippen LogP contribution in [0.5, 0.6) is 0 Å². The van der Waals surface area contributed by atoms with Crippen LogP contribution in [-0.2, 0) is 9.53 Å². The van der Waals surface area contributed by atoms with Crippen LogP contribution in [0.15, 0.2) is 42.7 Å². The number of rotatable bonds is 2. The molecular formula is C18H24N2O3. The van der Waals surface area contributed by atoms with Crippen molar-refractivity contribution in [1.29, 1.82) is 0 Å². The van der Waals surface area contributed by atoms with E-state index in [1.54, 1.807) is 38.6 Å². The lowest BCUT2D eigenvalue weighted by Gasteiger charge is -2.17. The molecule has 0 saturated heterocycles. The molecule has 1 heterocycles. The Morgan fingerprint density at radius 2 is 1.74 bits per heavy atom. The van der Waals surface area contributed by atoms with E-state index >= 15 is 0 Å². The average molecular weight is 316 g/mol. The van der Waals surface area contributed by atoms with Crippen molar-refractivity contribution in [2.24, 2.45) is 0 Å². The van der Waals surface area contributed by atoms with Gasteiger partial charge in [0.05, 0.1) is 11.9 Å². The lowest BCUT2D eigenvalue weighted by Crippen LogP contribution is -2.26. The summed E-state index contributed by atoms with van der Waals surface area (Å²) in [6.45, 7) is 6.05. The number of carbonyl (C=O) groups is 2. The fourth-order valence-corrected chi connectivity index (χ4v) is 1.74. The molecule has 2 aromatic rings. The van der Waals surface area contributed by atoms with Crippen molar-refractivity contribution in [2.75, 3.05) is 26.2 Å². The molecule has 5 nitrogen and oxygen atoms in total. The van der Waals surface area contributed by atoms with E-state index in [0.717, 1.165) is 11.3 Å². The summed E-state index contributed by atoms with van der Waals surface area (Å²) in [5.74, 6) is -0.0221. The number of carbonyl (C=O) groups excluding carboxylic acids is 2. The number of aryl methyl sites for hydroxylation is 2. The van der Waals surface area contributed by atoms with Crippen molar-refractivity contribution < 1.29 is 14.3 Å². The second kappa shape index (κ2) is 11.1. The summed E-state index contributed by atoms with van der Waals surface area (Å²) in [4.78, 5) is 25.9. The molecular weight excluding hydrogens is 292 g/mol. The average Bonchev–Trinajstić information content (AvgIpc) is 2.59. The monoisotopic (exact) mass is 316 g/mol. The first kappa shape index (κ1) is 20.5. The third-order valence-electron chi connectivity index (χ3n) is 3.09. The molecule has 0 bridgehead atoms. The zero-order valence-electron chi connectivity index (χ0n) is 14.4. The van der Waals surface area contributed by atoms with Gasteiger partial charge in [0, 0.05) is 33.0 Å². The Morgan fingerprint density at radius 3 is 2.22 bits per heavy atom. The number of hydrogen-bond acceptors (Lipinski definition) is 4. The second-order valence-corrected chi connectivity index (χ2v) is 4.78. The first-order valence-electron chi connectivity index (χ1n) is 6.95. The lowest BCUT2D eigenvalue weighted by molar-refractivity contribution is -0.0980. The molecule has 5 heteroatoms. The van der Waals surface area contributed by atoms with Crippen molar-refractivity contribution in [3.05, 3.63) is 59.4 Å². The molecule has 0 atom stereocenters. The quantitative estimate of drug-likeness (QED) is 0.854. The predicted molar refractivity (Wildman–Crippen MR) is 92.9 cm³/mol. The van der Waals surface area contributed by atoms with Gasteiger partial charge in [0.2, 0.25) is 0 Å². The smallest absolute Gasteiger partial charge is 0.258 e. The second-order valence-electron chi connectivity index (χ2n) is 4.78. The van der Waals surface area contributed by atoms with Gasteiger partial charge in [-0.25, -0.2) is 0 Å². The van der Waals surface area contributed by atoms with Gasteiger partial charge in [-0.1, -0.05) is 6.07 Å². The van der Waals surface area contributed by atoms with Gasteiger partial charge >= 0.3 is 0 Å². The maximum absolute atomic E-state index is 12.3. The normalized spacial score (nSPS) is 8.91. The maximum Gasteiger partial charge on any atom is 0.258 e. The fourth-order valence-electron chi connectivity index (χ4n) is 1.74. The summed E-state index contributed by atoms with van der Waals surface area (Å²) < 4.78 is 4.25. The molecule has 1 aromatic heterocycles. The minimum Gasteiger partial charge on any atom is -0.388 e. The van der Waals surface area contributed by atoms with Crippen LogP contribution in [0.1, 0.15) is 21.5 Å². The minimum absolute atomic E-state index is 0.0221. The molecule has 0 spiro atoms. The Bertz CT molecular complexity index is 600. The Balaban J connectivity index is 0.000000868. The number of anilines is 1. The molecule has 0 saturated carbocycles. The molecule has 0 fully saturated rings. The van der Waals surface area contributed by atoms with Gasteiger partial charge in [-0.2, -0.15) is 0 Å². The van der Waals surface area contributed by atoms with Crippen LogP contribution in [0.2, 0.25) is 0 Å². The summed E-state index contributed by atoms with van der Waals surface area (Å²) in [7, 11) is 5.01. The van der Waals surface area contributed by atoms with E-state index in [0.29, 0.717) is 5.56 Å². The summed E-state index contributed by atoms with van der Waals surface area (Å²) in [6.07, 6.45) is 3.37. The molecule has 0 aliphatic heterocycles. The molecule has 0 N–H and O–H groups in total. The Morgan fingerprint density at radius 1 is 1.13 bits per heavy atom. The molecule has 0 unspecified atom stereocenters. The van der Waals surface area contributed by atoms with Crippen molar-refractivity contribution in [1.82, 2.24) is 4.98 Å². The van der Waals surface area contributed by atoms with Crippen LogP contribution < -0.4 is 4.90 Å². The molecule has 0 aliphatic carbocycles. The Labute approximate surface area is 137 Å². The van der Waals surface area contributed by atoms with Crippen LogP contribution in [0.4, 0.5) is 5.69 Å². The largest absolute Gasteiger partial charge is 0.388 e. The van der Waals surface area contributed by atoms with E-state index in [-0.39, 0.29) is 5.91 Å². The van der Waals surface area contributed by atoms with E-state index in [1.165, 1.54) is 5.56 Å². The first-order valence-corrected chi connectivity index (χ1v) is 6.95. The van der Waals surface area contributed by atoms with Gasteiger partial charge in [-0.15, -0.1) is 0 Å². The van der Waals surface area contributed by atoms with Gasteiger partial charge in [0.1, 0.15) is 6.79 Å². The van der Waals surface area contributed by atoms with Crippen molar-refractivity contribution in [2.45, 2.75) is 13.8 Å². The van der Waals surface area contributed by atoms with E-state index < -0.39 is 0 Å². The number of aromatic nitrogens is 1. The third kappa shape index (κ3) is 6.40. The maximum atomic E-state index is 12.3. The number of benzene rings is 1. The fraction of sp³-hybridized carbons (Fsp3) is 0.278. The Hall–Kier alpha value is -2.53. The number of pyridine rings is 1. The summed E-state index contributed by atoms with van der Waals surface area (Å²) >= 11 is 0. The zero-order chi connectivity index (χ0) is 17.8. The summed E-state index contributed by atoms with van der Waals surface area (Å²) in [6, 6.07) is 9.44. The van der Waals surface area contributed by atoms with Crippen molar-refractivity contribution in [3.63, 3.8) is 0 Å². The van der Waals surface area contributed by atoms with E-state index in [9.17, 15) is 4.79 Å². The molecule has 2 rings (SSSR count). The first-order chi connectivity index (χ1) is 11.0. The SMILES string of the molecule is C=O.COC.Cc1ccc(C(=O)N(C)c2cccnc2)cc1C. The van der Waals surface area contributed by atoms with Gasteiger partial charge in [0.15, 0.2) is 0 Å². The zero-order valence-corrected chi connectivity index (χ0v) is 14.4. The van der Waals surface area contributed by atoms with E-state index in [1.807, 2.05) is 51.0 Å². The van der Waals surface area contributed by atoms with Gasteiger partial charge < -0.3 is 14.4 Å². The topological polar surface area (TPSA) is 59.5 Å². The highest BCUT2D eigenvalue weighted by Crippen LogP contribution is 2.16. The molecule has 124 valence electrons. The summed E-state index contributed by atoms with van der Waals surface area (Å²) in [5, 5.41) is 0. The van der Waals surface area contributed by atoms with Crippen LogP contribution in [0.3, 0.4) is 0 Å². The molecule has 1 amide bonds.